The molecule has 5 atom stereocenters. The number of carbonyl (C=O) groups is 1. The predicted molar refractivity (Wildman–Crippen MR) is 106 cm³/mol. The molecule has 1 unspecified atom stereocenters. The van der Waals surface area contributed by atoms with Gasteiger partial charge in [-0.2, -0.15) is 0 Å². The van der Waals surface area contributed by atoms with Crippen LogP contribution in [0.3, 0.4) is 0 Å². The number of benzene rings is 1. The van der Waals surface area contributed by atoms with Crippen LogP contribution in [0.4, 0.5) is 8.78 Å². The molecule has 0 spiro atoms. The lowest BCUT2D eigenvalue weighted by Crippen LogP contribution is -2.47. The van der Waals surface area contributed by atoms with E-state index in [1.807, 2.05) is 12.1 Å². The van der Waals surface area contributed by atoms with Crippen LogP contribution in [0.15, 0.2) is 18.2 Å². The highest BCUT2D eigenvalue weighted by Gasteiger charge is 2.67. The van der Waals surface area contributed by atoms with E-state index >= 15 is 8.78 Å². The molecule has 2 fully saturated rings. The molecule has 7 heteroatoms. The third kappa shape index (κ3) is 3.40. The molecular formula is C22H29BF2O4. The molecule has 4 rings (SSSR count). The van der Waals surface area contributed by atoms with Gasteiger partial charge in [0.25, 0.3) is 5.92 Å². The second-order valence-corrected chi connectivity index (χ2v) is 9.58. The van der Waals surface area contributed by atoms with Crippen molar-refractivity contribution in [1.29, 1.82) is 0 Å². The van der Waals surface area contributed by atoms with Crippen molar-refractivity contribution < 1.29 is 28.7 Å². The second-order valence-electron chi connectivity index (χ2n) is 9.58. The number of alkyl halides is 2. The minimum absolute atomic E-state index is 0.0364. The van der Waals surface area contributed by atoms with Gasteiger partial charge in [-0.15, -0.1) is 0 Å². The number of aryl methyl sites for hydroxylation is 1. The molecule has 0 saturated heterocycles. The summed E-state index contributed by atoms with van der Waals surface area (Å²) in [5.74, 6) is -3.41. The van der Waals surface area contributed by atoms with Crippen molar-refractivity contribution in [2.75, 3.05) is 0 Å². The smallest absolute Gasteiger partial charge is 0.481 e. The molecule has 0 radical (unpaired) electrons. The Morgan fingerprint density at radius 1 is 1.28 bits per heavy atom. The lowest BCUT2D eigenvalue weighted by atomic mass is 9.53. The van der Waals surface area contributed by atoms with E-state index in [1.54, 1.807) is 13.0 Å². The minimum atomic E-state index is -2.71. The van der Waals surface area contributed by atoms with Crippen LogP contribution in [0, 0.1) is 23.2 Å². The first kappa shape index (κ1) is 20.8. The van der Waals surface area contributed by atoms with E-state index < -0.39 is 24.4 Å². The molecule has 29 heavy (non-hydrogen) atoms. The fourth-order valence-electron chi connectivity index (χ4n) is 6.80. The number of hydrogen-bond donors (Lipinski definition) is 3. The van der Waals surface area contributed by atoms with E-state index in [4.69, 9.17) is 5.11 Å². The average molecular weight is 406 g/mol. The van der Waals surface area contributed by atoms with E-state index in [-0.39, 0.29) is 36.5 Å². The van der Waals surface area contributed by atoms with Crippen LogP contribution < -0.4 is 5.46 Å². The first-order valence-corrected chi connectivity index (χ1v) is 10.7. The molecule has 2 saturated carbocycles. The Morgan fingerprint density at radius 2 is 2.03 bits per heavy atom. The molecule has 4 nitrogen and oxygen atoms in total. The van der Waals surface area contributed by atoms with E-state index in [2.05, 4.69) is 0 Å². The van der Waals surface area contributed by atoms with Gasteiger partial charge in [0.05, 0.1) is 0 Å². The van der Waals surface area contributed by atoms with Gasteiger partial charge >= 0.3 is 13.1 Å². The molecular weight excluding hydrogens is 377 g/mol. The highest BCUT2D eigenvalue weighted by Crippen LogP contribution is 2.68. The van der Waals surface area contributed by atoms with Crippen LogP contribution in [0.1, 0.15) is 68.9 Å². The molecule has 0 aromatic heterocycles. The normalized spacial score (nSPS) is 34.8. The second kappa shape index (κ2) is 7.34. The topological polar surface area (TPSA) is 77.8 Å². The molecule has 3 aliphatic carbocycles. The van der Waals surface area contributed by atoms with Gasteiger partial charge in [0.1, 0.15) is 0 Å². The standard InChI is InChI=1S/C22H29BF2O4/c1-21-10-9-17-16-8-6-15(23(28)29)11-13(16)5-7-18(17)20(21)14(12-22(21,24)25)3-2-4-19(26)27/h6,8,11,14,17-18,20,28-29H,2-5,7,9-10,12H2,1H3,(H,26,27)/t14?,17-,18-,20+,21+/m1/s1. The quantitative estimate of drug-likeness (QED) is 0.656. The van der Waals surface area contributed by atoms with Crippen molar-refractivity contribution in [2.45, 2.75) is 70.1 Å². The van der Waals surface area contributed by atoms with E-state index in [0.29, 0.717) is 24.7 Å². The lowest BCUT2D eigenvalue weighted by molar-refractivity contribution is -0.137. The molecule has 1 aromatic carbocycles. The molecule has 0 amide bonds. The van der Waals surface area contributed by atoms with Gasteiger partial charge in [0.15, 0.2) is 0 Å². The zero-order valence-corrected chi connectivity index (χ0v) is 16.8. The van der Waals surface area contributed by atoms with Gasteiger partial charge < -0.3 is 15.2 Å². The molecule has 3 N–H and O–H groups in total. The maximum Gasteiger partial charge on any atom is 0.488 e. The first-order chi connectivity index (χ1) is 13.6. The van der Waals surface area contributed by atoms with Crippen molar-refractivity contribution in [2.24, 2.45) is 23.2 Å². The van der Waals surface area contributed by atoms with Crippen molar-refractivity contribution >= 4 is 18.6 Å². The zero-order valence-electron chi connectivity index (χ0n) is 16.8. The van der Waals surface area contributed by atoms with Gasteiger partial charge in [0.2, 0.25) is 0 Å². The Balaban J connectivity index is 1.63. The van der Waals surface area contributed by atoms with Gasteiger partial charge in [0, 0.05) is 18.3 Å². The summed E-state index contributed by atoms with van der Waals surface area (Å²) in [5, 5.41) is 27.9. The minimum Gasteiger partial charge on any atom is -0.481 e. The maximum absolute atomic E-state index is 15.1. The Hall–Kier alpha value is -1.47. The number of aliphatic carboxylic acids is 1. The molecule has 1 aromatic rings. The average Bonchev–Trinajstić information content (AvgIpc) is 2.86. The number of hydrogen-bond acceptors (Lipinski definition) is 3. The van der Waals surface area contributed by atoms with Gasteiger partial charge in [-0.25, -0.2) is 8.78 Å². The summed E-state index contributed by atoms with van der Waals surface area (Å²) in [4.78, 5) is 10.9. The molecule has 0 aliphatic heterocycles. The summed E-state index contributed by atoms with van der Waals surface area (Å²) in [6.45, 7) is 1.76. The lowest BCUT2D eigenvalue weighted by Gasteiger charge is -2.51. The van der Waals surface area contributed by atoms with Crippen LogP contribution >= 0.6 is 0 Å². The Morgan fingerprint density at radius 3 is 2.72 bits per heavy atom. The fraction of sp³-hybridized carbons (Fsp3) is 0.682. The molecule has 0 bridgehead atoms. The van der Waals surface area contributed by atoms with Crippen LogP contribution in [-0.2, 0) is 11.2 Å². The summed E-state index contributed by atoms with van der Waals surface area (Å²) in [7, 11) is -1.50. The third-order valence-corrected chi connectivity index (χ3v) is 8.13. The van der Waals surface area contributed by atoms with E-state index in [1.165, 1.54) is 5.56 Å². The SMILES string of the molecule is C[C@]12CC[C@@H]3c4ccc(B(O)O)cc4CC[C@H]3[C@@H]1C(CCCC(=O)O)CC2(F)F. The fourth-order valence-corrected chi connectivity index (χ4v) is 6.80. The highest BCUT2D eigenvalue weighted by molar-refractivity contribution is 6.58. The van der Waals surface area contributed by atoms with Crippen molar-refractivity contribution in [3.05, 3.63) is 29.3 Å². The Kier molecular flexibility index (Phi) is 5.27. The van der Waals surface area contributed by atoms with Gasteiger partial charge in [-0.3, -0.25) is 4.79 Å². The Bertz CT molecular complexity index is 799. The summed E-state index contributed by atoms with van der Waals surface area (Å²) in [5.41, 5.74) is 1.74. The van der Waals surface area contributed by atoms with Crippen LogP contribution in [0.5, 0.6) is 0 Å². The Labute approximate surface area is 170 Å². The number of fused-ring (bicyclic) bond motifs is 5. The zero-order chi connectivity index (χ0) is 21.0. The molecule has 158 valence electrons. The summed E-state index contributed by atoms with van der Waals surface area (Å²) < 4.78 is 30.2. The highest BCUT2D eigenvalue weighted by atomic mass is 19.3. The predicted octanol–water partition coefficient (Wildman–Crippen LogP) is 3.34. The van der Waals surface area contributed by atoms with Gasteiger partial charge in [-0.1, -0.05) is 25.1 Å². The number of halogens is 2. The van der Waals surface area contributed by atoms with Crippen molar-refractivity contribution in [3.63, 3.8) is 0 Å². The third-order valence-electron chi connectivity index (χ3n) is 8.13. The van der Waals surface area contributed by atoms with Crippen molar-refractivity contribution in [1.82, 2.24) is 0 Å². The summed E-state index contributed by atoms with van der Waals surface area (Å²) in [6.07, 6.45) is 3.70. The van der Waals surface area contributed by atoms with Crippen LogP contribution in [0.25, 0.3) is 0 Å². The largest absolute Gasteiger partial charge is 0.488 e. The number of rotatable bonds is 5. The van der Waals surface area contributed by atoms with E-state index in [9.17, 15) is 14.8 Å². The van der Waals surface area contributed by atoms with Crippen LogP contribution in [0.2, 0.25) is 0 Å². The van der Waals surface area contributed by atoms with E-state index in [0.717, 1.165) is 24.8 Å². The summed E-state index contributed by atoms with van der Waals surface area (Å²) >= 11 is 0. The maximum atomic E-state index is 15.1. The van der Waals surface area contributed by atoms with Gasteiger partial charge in [-0.05, 0) is 78.8 Å². The number of carboxylic acid groups (broad SMARTS) is 1. The monoisotopic (exact) mass is 406 g/mol. The van der Waals surface area contributed by atoms with Crippen molar-refractivity contribution in [3.8, 4) is 0 Å². The summed E-state index contributed by atoms with van der Waals surface area (Å²) in [6, 6.07) is 5.53. The van der Waals surface area contributed by atoms with Crippen LogP contribution in [-0.4, -0.2) is 34.2 Å². The number of carboxylic acids is 1. The first-order valence-electron chi connectivity index (χ1n) is 10.7. The molecule has 3 aliphatic rings. The molecule has 0 heterocycles.